The highest BCUT2D eigenvalue weighted by atomic mass is 16.3. The lowest BCUT2D eigenvalue weighted by molar-refractivity contribution is -0.136. The van der Waals surface area contributed by atoms with Crippen molar-refractivity contribution in [3.8, 4) is 0 Å². The third-order valence-electron chi connectivity index (χ3n) is 11.9. The molecule has 1 fully saturated rings. The zero-order valence-corrected chi connectivity index (χ0v) is 43.7. The fourth-order valence-corrected chi connectivity index (χ4v) is 7.79. The fourth-order valence-electron chi connectivity index (χ4n) is 7.79. The van der Waals surface area contributed by atoms with Crippen molar-refractivity contribution in [1.29, 1.82) is 0 Å². The molecular formula is C48H83N15O12. The van der Waals surface area contributed by atoms with E-state index in [9.17, 15) is 58.2 Å². The quantitative estimate of drug-likeness (QED) is 0.0513. The Balaban J connectivity index is 2.73. The smallest absolute Gasteiger partial charge is 0.245 e. The van der Waals surface area contributed by atoms with E-state index in [1.54, 1.807) is 51.1 Å². The number of aliphatic hydroxyl groups is 2. The molecule has 1 aliphatic rings. The van der Waals surface area contributed by atoms with Crippen LogP contribution in [0.25, 0.3) is 0 Å². The van der Waals surface area contributed by atoms with Crippen LogP contribution in [0, 0.1) is 5.92 Å². The standard InChI is InChI=1S/C48H83N15O12/c1-25(2)23-35-45(72)57-30(13-18-49)40(67)56-33(16-21-52)44(71)63-38(27(4)64)47(74)54-22-17-34(58-41(68)32(15-20-51)59-48(75)39(28(5)65)62-37(66)12-11-26(3)53)43(70)55-31(14-19-50)42(69)61-36(46(73)60-35)24-29-9-7-6-8-10-29/h6-10,25-28,30-36,38-39,64-65H,11-24,49-53H2,1-5H3,(H,54,74)(H,55,70)(H,56,67)(H,57,72)(H,58,68)(H,59,75)(H,60,73)(H,61,69)(H,62,66)(H,63,71)/t26-,27?,28?,30-,31-,32-,33-,34-,35-,36+,38-,39-/m0/s1. The first-order valence-corrected chi connectivity index (χ1v) is 25.4. The van der Waals surface area contributed by atoms with Gasteiger partial charge in [0.2, 0.25) is 59.1 Å². The summed E-state index contributed by atoms with van der Waals surface area (Å²) >= 11 is 0. The van der Waals surface area contributed by atoms with Crippen molar-refractivity contribution in [3.63, 3.8) is 0 Å². The van der Waals surface area contributed by atoms with E-state index in [2.05, 4.69) is 53.2 Å². The zero-order chi connectivity index (χ0) is 56.4. The molecule has 22 N–H and O–H groups in total. The Morgan fingerprint density at radius 1 is 0.613 bits per heavy atom. The van der Waals surface area contributed by atoms with Crippen molar-refractivity contribution in [2.45, 2.75) is 165 Å². The number of rotatable bonds is 22. The zero-order valence-electron chi connectivity index (χ0n) is 43.7. The minimum Gasteiger partial charge on any atom is -0.391 e. The average molecular weight is 1060 g/mol. The van der Waals surface area contributed by atoms with Crippen LogP contribution in [-0.4, -0.2) is 175 Å². The highest BCUT2D eigenvalue weighted by Crippen LogP contribution is 2.11. The van der Waals surface area contributed by atoms with Crippen LogP contribution in [0.3, 0.4) is 0 Å². The summed E-state index contributed by atoms with van der Waals surface area (Å²) in [4.78, 5) is 139. The lowest BCUT2D eigenvalue weighted by Gasteiger charge is -2.28. The minimum absolute atomic E-state index is 0.0582. The molecule has 1 aromatic rings. The van der Waals surface area contributed by atoms with E-state index < -0.39 is 139 Å². The van der Waals surface area contributed by atoms with Gasteiger partial charge < -0.3 is 92.0 Å². The lowest BCUT2D eigenvalue weighted by atomic mass is 10.00. The van der Waals surface area contributed by atoms with E-state index in [1.165, 1.54) is 13.8 Å². The molecule has 1 saturated heterocycles. The Kier molecular flexibility index (Phi) is 29.0. The third kappa shape index (κ3) is 23.0. The van der Waals surface area contributed by atoms with Gasteiger partial charge in [-0.3, -0.25) is 47.9 Å². The average Bonchev–Trinajstić information content (AvgIpc) is 3.34. The van der Waals surface area contributed by atoms with Crippen molar-refractivity contribution in [2.75, 3.05) is 32.7 Å². The number of nitrogens with two attached hydrogens (primary N) is 5. The van der Waals surface area contributed by atoms with E-state index in [4.69, 9.17) is 28.7 Å². The summed E-state index contributed by atoms with van der Waals surface area (Å²) in [5, 5.41) is 46.6. The minimum atomic E-state index is -1.66. The Labute approximate surface area is 437 Å². The van der Waals surface area contributed by atoms with E-state index in [-0.39, 0.29) is 89.5 Å². The molecule has 75 heavy (non-hydrogen) atoms. The van der Waals surface area contributed by atoms with Gasteiger partial charge in [0.05, 0.1) is 12.2 Å². The number of benzene rings is 1. The third-order valence-corrected chi connectivity index (χ3v) is 11.9. The van der Waals surface area contributed by atoms with E-state index >= 15 is 0 Å². The van der Waals surface area contributed by atoms with Crippen molar-refractivity contribution in [3.05, 3.63) is 35.9 Å². The van der Waals surface area contributed by atoms with Crippen molar-refractivity contribution < 1.29 is 58.2 Å². The number of aliphatic hydroxyl groups excluding tert-OH is 2. The molecule has 422 valence electrons. The Morgan fingerprint density at radius 3 is 1.60 bits per heavy atom. The Bertz CT molecular complexity index is 2050. The number of nitrogens with one attached hydrogen (secondary N) is 10. The normalized spacial score (nSPS) is 24.0. The summed E-state index contributed by atoms with van der Waals surface area (Å²) in [7, 11) is 0. The van der Waals surface area contributed by atoms with Crippen LogP contribution in [0.5, 0.6) is 0 Å². The number of hydrogen-bond acceptors (Lipinski definition) is 17. The Morgan fingerprint density at radius 2 is 1.11 bits per heavy atom. The van der Waals surface area contributed by atoms with Crippen LogP contribution < -0.4 is 81.8 Å². The summed E-state index contributed by atoms with van der Waals surface area (Å²) in [6.07, 6.45) is -3.95. The van der Waals surface area contributed by atoms with Crippen LogP contribution in [-0.2, 0) is 54.4 Å². The molecule has 0 spiro atoms. The van der Waals surface area contributed by atoms with Gasteiger partial charge in [-0.15, -0.1) is 0 Å². The molecule has 0 aromatic heterocycles. The molecule has 27 nitrogen and oxygen atoms in total. The van der Waals surface area contributed by atoms with Crippen LogP contribution in [0.4, 0.5) is 0 Å². The van der Waals surface area contributed by atoms with Gasteiger partial charge in [-0.05, 0) is 103 Å². The van der Waals surface area contributed by atoms with Gasteiger partial charge >= 0.3 is 0 Å². The van der Waals surface area contributed by atoms with E-state index in [1.807, 2.05) is 0 Å². The monoisotopic (exact) mass is 1060 g/mol. The fraction of sp³-hybridized carbons (Fsp3) is 0.667. The first-order chi connectivity index (χ1) is 35.5. The second kappa shape index (κ2) is 33.5. The van der Waals surface area contributed by atoms with Crippen LogP contribution in [0.1, 0.15) is 91.5 Å². The molecule has 0 radical (unpaired) electrons. The largest absolute Gasteiger partial charge is 0.391 e. The van der Waals surface area contributed by atoms with E-state index in [0.29, 0.717) is 5.56 Å². The van der Waals surface area contributed by atoms with Gasteiger partial charge in [0.1, 0.15) is 54.4 Å². The van der Waals surface area contributed by atoms with Gasteiger partial charge in [-0.25, -0.2) is 0 Å². The van der Waals surface area contributed by atoms with Crippen LogP contribution in [0.2, 0.25) is 0 Å². The topological polar surface area (TPSA) is 462 Å². The maximum atomic E-state index is 14.4. The summed E-state index contributed by atoms with van der Waals surface area (Å²) in [5.74, 6) is -9.02. The van der Waals surface area contributed by atoms with Gasteiger partial charge in [0.15, 0.2) is 0 Å². The van der Waals surface area contributed by atoms with Gasteiger partial charge in [0.25, 0.3) is 0 Å². The molecule has 2 unspecified atom stereocenters. The molecule has 0 saturated carbocycles. The molecule has 10 amide bonds. The number of amides is 10. The predicted octanol–water partition coefficient (Wildman–Crippen LogP) is -6.56. The highest BCUT2D eigenvalue weighted by molar-refractivity contribution is 5.99. The second-order valence-corrected chi connectivity index (χ2v) is 19.2. The number of hydrogen-bond donors (Lipinski definition) is 17. The number of carbonyl (C=O) groups is 10. The maximum Gasteiger partial charge on any atom is 0.245 e. The Hall–Kier alpha value is -6.36. The molecule has 0 bridgehead atoms. The summed E-state index contributed by atoms with van der Waals surface area (Å²) < 4.78 is 0. The molecule has 1 heterocycles. The molecule has 1 aliphatic heterocycles. The highest BCUT2D eigenvalue weighted by Gasteiger charge is 2.37. The van der Waals surface area contributed by atoms with Crippen LogP contribution in [0.15, 0.2) is 30.3 Å². The summed E-state index contributed by atoms with van der Waals surface area (Å²) in [6, 6.07) is -4.92. The van der Waals surface area contributed by atoms with Crippen molar-refractivity contribution in [1.82, 2.24) is 53.2 Å². The first kappa shape index (κ1) is 64.8. The summed E-state index contributed by atoms with van der Waals surface area (Å²) in [5.41, 5.74) is 29.8. The molecule has 0 aliphatic carbocycles. The van der Waals surface area contributed by atoms with E-state index in [0.717, 1.165) is 0 Å². The molecule has 12 atom stereocenters. The molecule has 2 rings (SSSR count). The van der Waals surface area contributed by atoms with Crippen LogP contribution >= 0.6 is 0 Å². The van der Waals surface area contributed by atoms with Gasteiger partial charge in [-0.1, -0.05) is 44.2 Å². The number of carbonyl (C=O) groups excluding carboxylic acids is 10. The van der Waals surface area contributed by atoms with Crippen molar-refractivity contribution in [2.24, 2.45) is 34.6 Å². The van der Waals surface area contributed by atoms with Gasteiger partial charge in [0, 0.05) is 25.4 Å². The molecular weight excluding hydrogens is 979 g/mol. The predicted molar refractivity (Wildman–Crippen MR) is 276 cm³/mol. The summed E-state index contributed by atoms with van der Waals surface area (Å²) in [6.45, 7) is 6.70. The van der Waals surface area contributed by atoms with Crippen molar-refractivity contribution >= 4 is 59.1 Å². The SMILES string of the molecule is CC(C)C[C@@H]1NC(=O)[C@@H](Cc2ccccc2)NC(=O)[C@H](CCN)NC(=O)[C@@H](NC(=O)[C@H](CCN)NC(=O)[C@@H](NC(=O)CC[C@H](C)N)C(C)O)CCNC(=O)[C@H](C(C)O)NC(=O)[C@H](CCN)NC(=O)[C@H](CCN)NC1=O. The van der Waals surface area contributed by atoms with Gasteiger partial charge in [-0.2, -0.15) is 0 Å². The molecule has 27 heteroatoms. The lowest BCUT2D eigenvalue weighted by Crippen LogP contribution is -2.61. The molecule has 1 aromatic carbocycles. The second-order valence-electron chi connectivity index (χ2n) is 19.2. The first-order valence-electron chi connectivity index (χ1n) is 25.4. The maximum absolute atomic E-state index is 14.4.